The van der Waals surface area contributed by atoms with Crippen LogP contribution in [-0.4, -0.2) is 20.5 Å². The van der Waals surface area contributed by atoms with Gasteiger partial charge in [0.2, 0.25) is 5.91 Å². The van der Waals surface area contributed by atoms with E-state index < -0.39 is 0 Å². The number of aryl methyl sites for hydroxylation is 2. The standard InChI is InChI=1S/C20H19Cl2N5O/c1-11(14-4-6-17(21)18(22)8-14)25-19(28)7-5-16-12(2)26-20-15(9-23)10-24-27(20)13(16)3/h4,6,8,10-11H,5,7H2,1-3H3,(H,25,28). The molecule has 0 aliphatic heterocycles. The molecule has 0 saturated heterocycles. The molecule has 6 nitrogen and oxygen atoms in total. The molecule has 28 heavy (non-hydrogen) atoms. The first-order valence-corrected chi connectivity index (χ1v) is 9.55. The van der Waals surface area contributed by atoms with Crippen LogP contribution < -0.4 is 5.32 Å². The fourth-order valence-corrected chi connectivity index (χ4v) is 3.48. The Morgan fingerprint density at radius 2 is 2.07 bits per heavy atom. The van der Waals surface area contributed by atoms with Gasteiger partial charge in [-0.1, -0.05) is 29.3 Å². The van der Waals surface area contributed by atoms with E-state index in [4.69, 9.17) is 28.5 Å². The van der Waals surface area contributed by atoms with Crippen molar-refractivity contribution in [3.8, 4) is 6.07 Å². The summed E-state index contributed by atoms with van der Waals surface area (Å²) in [5, 5.41) is 17.3. The third-order valence-corrected chi connectivity index (χ3v) is 5.49. The van der Waals surface area contributed by atoms with Crippen molar-refractivity contribution < 1.29 is 4.79 Å². The first-order chi connectivity index (χ1) is 13.3. The predicted octanol–water partition coefficient (Wildman–Crippen LogP) is 4.33. The molecule has 1 atom stereocenters. The minimum atomic E-state index is -0.186. The van der Waals surface area contributed by atoms with Gasteiger partial charge in [-0.25, -0.2) is 9.50 Å². The van der Waals surface area contributed by atoms with Gasteiger partial charge < -0.3 is 5.32 Å². The van der Waals surface area contributed by atoms with E-state index >= 15 is 0 Å². The summed E-state index contributed by atoms with van der Waals surface area (Å²) in [5.74, 6) is -0.0735. The van der Waals surface area contributed by atoms with Gasteiger partial charge in [0.15, 0.2) is 5.65 Å². The monoisotopic (exact) mass is 415 g/mol. The molecule has 0 fully saturated rings. The van der Waals surface area contributed by atoms with Crippen LogP contribution in [0.1, 0.15) is 47.5 Å². The van der Waals surface area contributed by atoms with Crippen LogP contribution >= 0.6 is 23.2 Å². The topological polar surface area (TPSA) is 83.1 Å². The maximum atomic E-state index is 12.4. The third-order valence-electron chi connectivity index (χ3n) is 4.75. The Labute approximate surface area is 173 Å². The summed E-state index contributed by atoms with van der Waals surface area (Å²) in [6, 6.07) is 7.22. The Morgan fingerprint density at radius 3 is 2.75 bits per heavy atom. The molecule has 1 aromatic carbocycles. The minimum absolute atomic E-state index is 0.0735. The van der Waals surface area contributed by atoms with Gasteiger partial charge in [-0.2, -0.15) is 10.4 Å². The lowest BCUT2D eigenvalue weighted by atomic mass is 10.0. The molecule has 0 spiro atoms. The molecule has 1 N–H and O–H groups in total. The second kappa shape index (κ2) is 8.17. The maximum absolute atomic E-state index is 12.4. The van der Waals surface area contributed by atoms with Crippen molar-refractivity contribution in [2.24, 2.45) is 0 Å². The van der Waals surface area contributed by atoms with Gasteiger partial charge in [-0.05, 0) is 50.5 Å². The number of hydrogen-bond acceptors (Lipinski definition) is 4. The van der Waals surface area contributed by atoms with Crippen LogP contribution in [0.15, 0.2) is 24.4 Å². The highest BCUT2D eigenvalue weighted by atomic mass is 35.5. The zero-order chi connectivity index (χ0) is 20.4. The average molecular weight is 416 g/mol. The van der Waals surface area contributed by atoms with Gasteiger partial charge in [0.25, 0.3) is 0 Å². The number of amides is 1. The van der Waals surface area contributed by atoms with Crippen molar-refractivity contribution in [2.75, 3.05) is 0 Å². The Bertz CT molecular complexity index is 1100. The van der Waals surface area contributed by atoms with Crippen LogP contribution in [0.2, 0.25) is 10.0 Å². The van der Waals surface area contributed by atoms with Crippen molar-refractivity contribution in [3.05, 3.63) is 62.5 Å². The molecule has 0 radical (unpaired) electrons. The Morgan fingerprint density at radius 1 is 1.32 bits per heavy atom. The molecule has 0 aliphatic carbocycles. The highest BCUT2D eigenvalue weighted by molar-refractivity contribution is 6.42. The lowest BCUT2D eigenvalue weighted by Gasteiger charge is -2.16. The first kappa shape index (κ1) is 20.1. The van der Waals surface area contributed by atoms with Crippen LogP contribution in [0.3, 0.4) is 0 Å². The average Bonchev–Trinajstić information content (AvgIpc) is 3.06. The van der Waals surface area contributed by atoms with Crippen molar-refractivity contribution in [1.29, 1.82) is 5.26 Å². The summed E-state index contributed by atoms with van der Waals surface area (Å²) in [6.45, 7) is 5.70. The second-order valence-electron chi connectivity index (χ2n) is 6.63. The largest absolute Gasteiger partial charge is 0.350 e. The molecule has 1 unspecified atom stereocenters. The normalized spacial score (nSPS) is 12.0. The number of halogens is 2. The summed E-state index contributed by atoms with van der Waals surface area (Å²) < 4.78 is 1.65. The smallest absolute Gasteiger partial charge is 0.220 e. The molecule has 3 aromatic rings. The SMILES string of the molecule is Cc1nc2c(C#N)cnn2c(C)c1CCC(=O)NC(C)c1ccc(Cl)c(Cl)c1. The first-order valence-electron chi connectivity index (χ1n) is 8.80. The number of nitrogens with zero attached hydrogens (tertiary/aromatic N) is 4. The molecule has 144 valence electrons. The summed E-state index contributed by atoms with van der Waals surface area (Å²) in [5.41, 5.74) is 4.50. The summed E-state index contributed by atoms with van der Waals surface area (Å²) in [6.07, 6.45) is 2.35. The van der Waals surface area contributed by atoms with E-state index in [-0.39, 0.29) is 11.9 Å². The molecular formula is C20H19Cl2N5O. The van der Waals surface area contributed by atoms with Gasteiger partial charge in [0.1, 0.15) is 11.6 Å². The summed E-state index contributed by atoms with van der Waals surface area (Å²) in [7, 11) is 0. The summed E-state index contributed by atoms with van der Waals surface area (Å²) >= 11 is 12.0. The van der Waals surface area contributed by atoms with E-state index in [1.807, 2.05) is 26.8 Å². The highest BCUT2D eigenvalue weighted by Crippen LogP contribution is 2.25. The number of rotatable bonds is 5. The van der Waals surface area contributed by atoms with Crippen molar-refractivity contribution in [2.45, 2.75) is 39.7 Å². The Balaban J connectivity index is 1.70. The zero-order valence-electron chi connectivity index (χ0n) is 15.8. The number of fused-ring (bicyclic) bond motifs is 1. The number of carbonyl (C=O) groups is 1. The quantitative estimate of drug-likeness (QED) is 0.671. The van der Waals surface area contributed by atoms with E-state index in [0.29, 0.717) is 34.1 Å². The van der Waals surface area contributed by atoms with Crippen LogP contribution in [0.25, 0.3) is 5.65 Å². The fraction of sp³-hybridized carbons (Fsp3) is 0.300. The van der Waals surface area contributed by atoms with Gasteiger partial charge in [0.05, 0.1) is 22.3 Å². The van der Waals surface area contributed by atoms with Crippen molar-refractivity contribution in [1.82, 2.24) is 19.9 Å². The van der Waals surface area contributed by atoms with Gasteiger partial charge >= 0.3 is 0 Å². The van der Waals surface area contributed by atoms with Crippen molar-refractivity contribution in [3.63, 3.8) is 0 Å². The van der Waals surface area contributed by atoms with Crippen LogP contribution in [0.5, 0.6) is 0 Å². The molecule has 2 aromatic heterocycles. The Kier molecular flexibility index (Phi) is 5.87. The van der Waals surface area contributed by atoms with Gasteiger partial charge in [-0.15, -0.1) is 0 Å². The molecule has 2 heterocycles. The second-order valence-corrected chi connectivity index (χ2v) is 7.44. The lowest BCUT2D eigenvalue weighted by Crippen LogP contribution is -2.27. The van der Waals surface area contributed by atoms with Gasteiger partial charge in [-0.3, -0.25) is 4.79 Å². The summed E-state index contributed by atoms with van der Waals surface area (Å²) in [4.78, 5) is 16.9. The number of nitriles is 1. The number of aromatic nitrogens is 3. The van der Waals surface area contributed by atoms with E-state index in [1.54, 1.807) is 16.6 Å². The van der Waals surface area contributed by atoms with E-state index in [1.165, 1.54) is 6.20 Å². The molecule has 1 amide bonds. The van der Waals surface area contributed by atoms with E-state index in [2.05, 4.69) is 21.5 Å². The number of hydrogen-bond donors (Lipinski definition) is 1. The van der Waals surface area contributed by atoms with Crippen LogP contribution in [-0.2, 0) is 11.2 Å². The van der Waals surface area contributed by atoms with E-state index in [9.17, 15) is 4.79 Å². The fourth-order valence-electron chi connectivity index (χ4n) is 3.17. The number of benzene rings is 1. The predicted molar refractivity (Wildman–Crippen MR) is 109 cm³/mol. The lowest BCUT2D eigenvalue weighted by molar-refractivity contribution is -0.121. The Hall–Kier alpha value is -2.62. The molecule has 0 aliphatic rings. The molecule has 0 saturated carbocycles. The molecule has 3 rings (SSSR count). The van der Waals surface area contributed by atoms with Crippen molar-refractivity contribution >= 4 is 34.8 Å². The number of carbonyl (C=O) groups excluding carboxylic acids is 1. The maximum Gasteiger partial charge on any atom is 0.220 e. The molecular weight excluding hydrogens is 397 g/mol. The molecule has 0 bridgehead atoms. The molecule has 8 heteroatoms. The van der Waals surface area contributed by atoms with Crippen LogP contribution in [0.4, 0.5) is 0 Å². The minimum Gasteiger partial charge on any atom is -0.350 e. The van der Waals surface area contributed by atoms with Crippen LogP contribution in [0, 0.1) is 25.2 Å². The highest BCUT2D eigenvalue weighted by Gasteiger charge is 2.16. The zero-order valence-corrected chi connectivity index (χ0v) is 17.3. The van der Waals surface area contributed by atoms with E-state index in [0.717, 1.165) is 22.5 Å². The number of nitrogens with one attached hydrogen (secondary N) is 1. The third kappa shape index (κ3) is 3.96. The van der Waals surface area contributed by atoms with Gasteiger partial charge in [0, 0.05) is 17.8 Å².